The standard InChI is InChI=1S/C11H23NO/c1-5-11(6-7-13-4)8-10(2)12(3)9-11/h10H,5-9H2,1-4H3. The number of methoxy groups -OCH3 is 1. The molecule has 0 amide bonds. The van der Waals surface area contributed by atoms with Gasteiger partial charge in [-0.05, 0) is 38.6 Å². The summed E-state index contributed by atoms with van der Waals surface area (Å²) in [6, 6.07) is 0.747. The molecular weight excluding hydrogens is 162 g/mol. The van der Waals surface area contributed by atoms with Gasteiger partial charge in [0.2, 0.25) is 0 Å². The van der Waals surface area contributed by atoms with Crippen LogP contribution < -0.4 is 0 Å². The second-order valence-electron chi connectivity index (χ2n) is 4.56. The van der Waals surface area contributed by atoms with Crippen molar-refractivity contribution in [3.63, 3.8) is 0 Å². The van der Waals surface area contributed by atoms with Crippen LogP contribution in [0.15, 0.2) is 0 Å². The smallest absolute Gasteiger partial charge is 0.0468 e. The molecule has 0 radical (unpaired) electrons. The molecule has 0 aromatic carbocycles. The molecule has 13 heavy (non-hydrogen) atoms. The number of likely N-dealkylation sites (tertiary alicyclic amines) is 1. The van der Waals surface area contributed by atoms with Crippen molar-refractivity contribution >= 4 is 0 Å². The maximum atomic E-state index is 5.18. The van der Waals surface area contributed by atoms with Crippen molar-refractivity contribution in [3.05, 3.63) is 0 Å². The average Bonchev–Trinajstić information content (AvgIpc) is 2.40. The Kier molecular flexibility index (Phi) is 3.74. The van der Waals surface area contributed by atoms with Crippen molar-refractivity contribution in [2.75, 3.05) is 27.3 Å². The number of hydrogen-bond donors (Lipinski definition) is 0. The first-order chi connectivity index (χ1) is 6.13. The van der Waals surface area contributed by atoms with Crippen molar-refractivity contribution in [2.24, 2.45) is 5.41 Å². The molecule has 1 heterocycles. The fourth-order valence-corrected chi connectivity index (χ4v) is 2.46. The quantitative estimate of drug-likeness (QED) is 0.665. The average molecular weight is 185 g/mol. The van der Waals surface area contributed by atoms with E-state index in [1.54, 1.807) is 7.11 Å². The van der Waals surface area contributed by atoms with E-state index >= 15 is 0 Å². The molecule has 0 N–H and O–H groups in total. The summed E-state index contributed by atoms with van der Waals surface area (Å²) in [6.45, 7) is 6.79. The van der Waals surface area contributed by atoms with Crippen LogP contribution in [0, 0.1) is 5.41 Å². The Balaban J connectivity index is 2.51. The van der Waals surface area contributed by atoms with Crippen LogP contribution in [0.1, 0.15) is 33.1 Å². The van der Waals surface area contributed by atoms with E-state index in [-0.39, 0.29) is 0 Å². The first kappa shape index (κ1) is 11.0. The zero-order valence-electron chi connectivity index (χ0n) is 9.47. The molecule has 1 saturated heterocycles. The van der Waals surface area contributed by atoms with Crippen LogP contribution in [-0.2, 0) is 4.74 Å². The van der Waals surface area contributed by atoms with Gasteiger partial charge >= 0.3 is 0 Å². The van der Waals surface area contributed by atoms with Crippen LogP contribution in [-0.4, -0.2) is 38.3 Å². The lowest BCUT2D eigenvalue weighted by Crippen LogP contribution is -2.26. The van der Waals surface area contributed by atoms with Gasteiger partial charge in [0.05, 0.1) is 0 Å². The van der Waals surface area contributed by atoms with Crippen LogP contribution in [0.25, 0.3) is 0 Å². The van der Waals surface area contributed by atoms with E-state index in [4.69, 9.17) is 4.74 Å². The van der Waals surface area contributed by atoms with Crippen molar-refractivity contribution in [1.29, 1.82) is 0 Å². The summed E-state index contributed by atoms with van der Waals surface area (Å²) >= 11 is 0. The van der Waals surface area contributed by atoms with Crippen LogP contribution in [0.5, 0.6) is 0 Å². The summed E-state index contributed by atoms with van der Waals surface area (Å²) in [5.41, 5.74) is 0.532. The van der Waals surface area contributed by atoms with E-state index in [1.807, 2.05) is 0 Å². The molecule has 2 heteroatoms. The minimum atomic E-state index is 0.532. The minimum absolute atomic E-state index is 0.532. The lowest BCUT2D eigenvalue weighted by Gasteiger charge is -2.27. The number of nitrogens with zero attached hydrogens (tertiary/aromatic N) is 1. The van der Waals surface area contributed by atoms with Crippen molar-refractivity contribution in [1.82, 2.24) is 4.90 Å². The SMILES string of the molecule is CCC1(CCOC)CC(C)N(C)C1. The number of hydrogen-bond acceptors (Lipinski definition) is 2. The van der Waals surface area contributed by atoms with E-state index in [0.717, 1.165) is 12.6 Å². The van der Waals surface area contributed by atoms with Gasteiger partial charge in [-0.1, -0.05) is 6.92 Å². The highest BCUT2D eigenvalue weighted by Gasteiger charge is 2.38. The van der Waals surface area contributed by atoms with E-state index < -0.39 is 0 Å². The molecule has 1 rings (SSSR count). The van der Waals surface area contributed by atoms with Gasteiger partial charge in [0.1, 0.15) is 0 Å². The number of ether oxygens (including phenoxy) is 1. The lowest BCUT2D eigenvalue weighted by molar-refractivity contribution is 0.135. The fraction of sp³-hybridized carbons (Fsp3) is 1.00. The van der Waals surface area contributed by atoms with E-state index in [9.17, 15) is 0 Å². The Morgan fingerprint density at radius 1 is 1.54 bits per heavy atom. The molecule has 1 aliphatic rings. The Hall–Kier alpha value is -0.0800. The molecule has 0 saturated carbocycles. The lowest BCUT2D eigenvalue weighted by atomic mass is 9.80. The molecule has 0 aromatic heterocycles. The van der Waals surface area contributed by atoms with Crippen LogP contribution in [0.4, 0.5) is 0 Å². The maximum absolute atomic E-state index is 5.18. The fourth-order valence-electron chi connectivity index (χ4n) is 2.46. The van der Waals surface area contributed by atoms with Gasteiger partial charge in [0.25, 0.3) is 0 Å². The van der Waals surface area contributed by atoms with Crippen LogP contribution in [0.3, 0.4) is 0 Å². The molecule has 0 bridgehead atoms. The van der Waals surface area contributed by atoms with Gasteiger partial charge in [0.15, 0.2) is 0 Å². The first-order valence-corrected chi connectivity index (χ1v) is 5.33. The molecule has 1 fully saturated rings. The third-order valence-electron chi connectivity index (χ3n) is 3.65. The van der Waals surface area contributed by atoms with E-state index in [2.05, 4.69) is 25.8 Å². The van der Waals surface area contributed by atoms with Crippen molar-refractivity contribution in [2.45, 2.75) is 39.2 Å². The molecule has 78 valence electrons. The van der Waals surface area contributed by atoms with Gasteiger partial charge in [-0.15, -0.1) is 0 Å². The molecule has 1 aliphatic heterocycles. The van der Waals surface area contributed by atoms with Crippen molar-refractivity contribution < 1.29 is 4.74 Å². The maximum Gasteiger partial charge on any atom is 0.0468 e. The highest BCUT2D eigenvalue weighted by atomic mass is 16.5. The van der Waals surface area contributed by atoms with Crippen molar-refractivity contribution in [3.8, 4) is 0 Å². The normalized spacial score (nSPS) is 35.5. The topological polar surface area (TPSA) is 12.5 Å². The predicted octanol–water partition coefficient (Wildman–Crippen LogP) is 2.14. The van der Waals surface area contributed by atoms with E-state index in [0.29, 0.717) is 5.41 Å². The zero-order chi connectivity index (χ0) is 9.90. The summed E-state index contributed by atoms with van der Waals surface area (Å²) in [6.07, 6.45) is 3.84. The molecule has 2 atom stereocenters. The molecule has 0 aromatic rings. The Labute approximate surface area is 82.3 Å². The molecular formula is C11H23NO. The number of rotatable bonds is 4. The highest BCUT2D eigenvalue weighted by Crippen LogP contribution is 2.39. The Bertz CT molecular complexity index is 148. The molecule has 0 spiro atoms. The van der Waals surface area contributed by atoms with Gasteiger partial charge < -0.3 is 9.64 Å². The molecule has 2 nitrogen and oxygen atoms in total. The molecule has 0 aliphatic carbocycles. The summed E-state index contributed by atoms with van der Waals surface area (Å²) < 4.78 is 5.18. The first-order valence-electron chi connectivity index (χ1n) is 5.33. The second-order valence-corrected chi connectivity index (χ2v) is 4.56. The third kappa shape index (κ3) is 2.44. The third-order valence-corrected chi connectivity index (χ3v) is 3.65. The monoisotopic (exact) mass is 185 g/mol. The van der Waals surface area contributed by atoms with Gasteiger partial charge in [-0.2, -0.15) is 0 Å². The highest BCUT2D eigenvalue weighted by molar-refractivity contribution is 4.91. The zero-order valence-corrected chi connectivity index (χ0v) is 9.47. The Morgan fingerprint density at radius 2 is 2.23 bits per heavy atom. The predicted molar refractivity (Wildman–Crippen MR) is 55.9 cm³/mol. The van der Waals surface area contributed by atoms with Gasteiger partial charge in [-0.25, -0.2) is 0 Å². The second kappa shape index (κ2) is 4.43. The van der Waals surface area contributed by atoms with E-state index in [1.165, 1.54) is 25.8 Å². The summed E-state index contributed by atoms with van der Waals surface area (Å²) in [5, 5.41) is 0. The summed E-state index contributed by atoms with van der Waals surface area (Å²) in [4.78, 5) is 2.47. The van der Waals surface area contributed by atoms with Crippen LogP contribution >= 0.6 is 0 Å². The Morgan fingerprint density at radius 3 is 2.62 bits per heavy atom. The summed E-state index contributed by atoms with van der Waals surface area (Å²) in [5.74, 6) is 0. The largest absolute Gasteiger partial charge is 0.385 e. The minimum Gasteiger partial charge on any atom is -0.385 e. The molecule has 2 unspecified atom stereocenters. The van der Waals surface area contributed by atoms with Gasteiger partial charge in [0, 0.05) is 26.3 Å². The van der Waals surface area contributed by atoms with Crippen LogP contribution in [0.2, 0.25) is 0 Å². The van der Waals surface area contributed by atoms with Gasteiger partial charge in [-0.3, -0.25) is 0 Å². The summed E-state index contributed by atoms with van der Waals surface area (Å²) in [7, 11) is 4.03.